The second-order valence-corrected chi connectivity index (χ2v) is 10.1. The maximum absolute atomic E-state index is 13.7. The Kier molecular flexibility index (Phi) is 7.65. The van der Waals surface area contributed by atoms with Gasteiger partial charge in [-0.3, -0.25) is 4.79 Å². The minimum atomic E-state index is -0.0218. The number of amides is 1. The number of hydrogen-bond acceptors (Lipinski definition) is 7. The highest BCUT2D eigenvalue weighted by molar-refractivity contribution is 6.07. The number of fused-ring (bicyclic) bond motifs is 1. The van der Waals surface area contributed by atoms with Crippen LogP contribution >= 0.6 is 0 Å². The normalized spacial score (nSPS) is 12.9. The van der Waals surface area contributed by atoms with Crippen molar-refractivity contribution < 1.29 is 18.8 Å². The highest BCUT2D eigenvalue weighted by atomic mass is 16.5. The second kappa shape index (κ2) is 11.3. The smallest absolute Gasteiger partial charge is 0.258 e. The van der Waals surface area contributed by atoms with Crippen molar-refractivity contribution in [3.8, 4) is 34.0 Å². The third-order valence-electron chi connectivity index (χ3n) is 6.98. The third-order valence-corrected chi connectivity index (χ3v) is 6.98. The maximum atomic E-state index is 13.7. The van der Waals surface area contributed by atoms with Crippen molar-refractivity contribution in [2.75, 3.05) is 45.8 Å². The average molecular weight is 527 g/mol. The standard InChI is InChI=1S/C31H34N4O4/c1-20-17-25(30-32-21(2)39-33-30)12-13-26(20)22-8-10-23(11-9-22)31(36)35-14-6-7-24-18-28(37-5)29(19-27(24)35)38-16-15-34(3)4/h8-13,17-19H,6-7,14-16H2,1-5H3. The van der Waals surface area contributed by atoms with Gasteiger partial charge in [0.1, 0.15) is 6.61 Å². The molecule has 1 aliphatic rings. The second-order valence-electron chi connectivity index (χ2n) is 10.1. The van der Waals surface area contributed by atoms with Crippen molar-refractivity contribution in [3.63, 3.8) is 0 Å². The van der Waals surface area contributed by atoms with E-state index in [1.807, 2.05) is 61.5 Å². The molecule has 0 spiro atoms. The van der Waals surface area contributed by atoms with Gasteiger partial charge in [-0.2, -0.15) is 4.98 Å². The van der Waals surface area contributed by atoms with E-state index in [1.165, 1.54) is 0 Å². The van der Waals surface area contributed by atoms with Crippen LogP contribution in [0.5, 0.6) is 11.5 Å². The molecule has 0 saturated heterocycles. The van der Waals surface area contributed by atoms with Crippen LogP contribution in [0.3, 0.4) is 0 Å². The molecule has 8 heteroatoms. The number of methoxy groups -OCH3 is 1. The van der Waals surface area contributed by atoms with Gasteiger partial charge >= 0.3 is 0 Å². The van der Waals surface area contributed by atoms with E-state index in [1.54, 1.807) is 14.0 Å². The van der Waals surface area contributed by atoms with E-state index >= 15 is 0 Å². The highest BCUT2D eigenvalue weighted by Gasteiger charge is 2.26. The van der Waals surface area contributed by atoms with E-state index in [9.17, 15) is 4.79 Å². The predicted molar refractivity (Wildman–Crippen MR) is 152 cm³/mol. The lowest BCUT2D eigenvalue weighted by atomic mass is 9.96. The lowest BCUT2D eigenvalue weighted by Crippen LogP contribution is -2.35. The minimum Gasteiger partial charge on any atom is -0.493 e. The largest absolute Gasteiger partial charge is 0.493 e. The summed E-state index contributed by atoms with van der Waals surface area (Å²) in [5, 5.41) is 4.01. The Morgan fingerprint density at radius 1 is 1.03 bits per heavy atom. The molecule has 0 aliphatic carbocycles. The number of likely N-dealkylation sites (N-methyl/N-ethyl adjacent to an activating group) is 1. The van der Waals surface area contributed by atoms with Crippen LogP contribution < -0.4 is 14.4 Å². The molecule has 0 bridgehead atoms. The Bertz CT molecular complexity index is 1480. The number of anilines is 1. The highest BCUT2D eigenvalue weighted by Crippen LogP contribution is 2.39. The van der Waals surface area contributed by atoms with Crippen molar-refractivity contribution in [1.82, 2.24) is 15.0 Å². The predicted octanol–water partition coefficient (Wildman–Crippen LogP) is 5.56. The number of carbonyl (C=O) groups is 1. The summed E-state index contributed by atoms with van der Waals surface area (Å²) in [5.41, 5.74) is 6.76. The van der Waals surface area contributed by atoms with Gasteiger partial charge in [-0.15, -0.1) is 0 Å². The van der Waals surface area contributed by atoms with Crippen LogP contribution in [0.4, 0.5) is 5.69 Å². The molecule has 0 radical (unpaired) electrons. The van der Waals surface area contributed by atoms with Crippen LogP contribution in [0.25, 0.3) is 22.5 Å². The lowest BCUT2D eigenvalue weighted by Gasteiger charge is -2.30. The van der Waals surface area contributed by atoms with Crippen LogP contribution in [0, 0.1) is 13.8 Å². The van der Waals surface area contributed by atoms with Gasteiger partial charge in [0.05, 0.1) is 12.8 Å². The van der Waals surface area contributed by atoms with Gasteiger partial charge in [0.25, 0.3) is 5.91 Å². The monoisotopic (exact) mass is 526 g/mol. The van der Waals surface area contributed by atoms with Crippen LogP contribution in [-0.4, -0.2) is 61.8 Å². The Hall–Kier alpha value is -4.17. The van der Waals surface area contributed by atoms with Crippen molar-refractivity contribution in [2.45, 2.75) is 26.7 Å². The van der Waals surface area contributed by atoms with E-state index in [-0.39, 0.29) is 5.91 Å². The number of nitrogens with zero attached hydrogens (tertiary/aromatic N) is 4. The first-order valence-electron chi connectivity index (χ1n) is 13.2. The van der Waals surface area contributed by atoms with Gasteiger partial charge in [0, 0.05) is 37.2 Å². The van der Waals surface area contributed by atoms with Gasteiger partial charge in [-0.1, -0.05) is 29.4 Å². The minimum absolute atomic E-state index is 0.0218. The van der Waals surface area contributed by atoms with Crippen molar-refractivity contribution >= 4 is 11.6 Å². The zero-order valence-corrected chi connectivity index (χ0v) is 23.2. The number of benzene rings is 3. The molecule has 2 heterocycles. The number of ether oxygens (including phenoxy) is 2. The van der Waals surface area contributed by atoms with E-state index in [4.69, 9.17) is 14.0 Å². The SMILES string of the molecule is COc1cc2c(cc1OCCN(C)C)N(C(=O)c1ccc(-c3ccc(-c4noc(C)n4)cc3C)cc1)CCC2. The Morgan fingerprint density at radius 3 is 2.46 bits per heavy atom. The first-order valence-corrected chi connectivity index (χ1v) is 13.2. The van der Waals surface area contributed by atoms with E-state index in [0.717, 1.165) is 52.9 Å². The number of rotatable bonds is 8. The number of carbonyl (C=O) groups excluding carboxylic acids is 1. The molecule has 0 N–H and O–H groups in total. The summed E-state index contributed by atoms with van der Waals surface area (Å²) in [5.74, 6) is 2.45. The molecule has 0 saturated carbocycles. The van der Waals surface area contributed by atoms with E-state index in [0.29, 0.717) is 41.9 Å². The summed E-state index contributed by atoms with van der Waals surface area (Å²) in [6.07, 6.45) is 1.79. The summed E-state index contributed by atoms with van der Waals surface area (Å²) in [7, 11) is 5.66. The summed E-state index contributed by atoms with van der Waals surface area (Å²) in [4.78, 5) is 21.9. The molecule has 4 aromatic rings. The zero-order chi connectivity index (χ0) is 27.5. The zero-order valence-electron chi connectivity index (χ0n) is 23.2. The molecule has 0 unspecified atom stereocenters. The molecule has 1 aliphatic heterocycles. The molecule has 0 fully saturated rings. The fourth-order valence-corrected chi connectivity index (χ4v) is 4.90. The summed E-state index contributed by atoms with van der Waals surface area (Å²) in [6.45, 7) is 5.81. The molecule has 5 rings (SSSR count). The summed E-state index contributed by atoms with van der Waals surface area (Å²) in [6, 6.07) is 17.9. The van der Waals surface area contributed by atoms with Gasteiger partial charge in [0.15, 0.2) is 11.5 Å². The van der Waals surface area contributed by atoms with Crippen LogP contribution in [0.2, 0.25) is 0 Å². The Balaban J connectivity index is 1.37. The van der Waals surface area contributed by atoms with Crippen LogP contribution in [0.1, 0.15) is 33.8 Å². The Labute approximate surface area is 229 Å². The molecule has 1 amide bonds. The number of aryl methyl sites for hydroxylation is 3. The average Bonchev–Trinajstić information content (AvgIpc) is 3.38. The number of hydrogen-bond donors (Lipinski definition) is 0. The first kappa shape index (κ1) is 26.4. The molecule has 1 aromatic heterocycles. The molecule has 3 aromatic carbocycles. The third kappa shape index (κ3) is 5.66. The lowest BCUT2D eigenvalue weighted by molar-refractivity contribution is 0.0985. The molecule has 0 atom stereocenters. The van der Waals surface area contributed by atoms with Gasteiger partial charge in [-0.05, 0) is 80.4 Å². The summed E-state index contributed by atoms with van der Waals surface area (Å²) < 4.78 is 16.7. The molecular weight excluding hydrogens is 492 g/mol. The fourth-order valence-electron chi connectivity index (χ4n) is 4.90. The Morgan fingerprint density at radius 2 is 1.79 bits per heavy atom. The topological polar surface area (TPSA) is 80.9 Å². The molecule has 202 valence electrons. The van der Waals surface area contributed by atoms with Crippen LogP contribution in [0.15, 0.2) is 59.1 Å². The maximum Gasteiger partial charge on any atom is 0.258 e. The van der Waals surface area contributed by atoms with E-state index in [2.05, 4.69) is 34.1 Å². The van der Waals surface area contributed by atoms with Crippen molar-refractivity contribution in [1.29, 1.82) is 0 Å². The summed E-state index contributed by atoms with van der Waals surface area (Å²) >= 11 is 0. The van der Waals surface area contributed by atoms with E-state index < -0.39 is 0 Å². The van der Waals surface area contributed by atoms with Gasteiger partial charge < -0.3 is 23.8 Å². The van der Waals surface area contributed by atoms with Gasteiger partial charge in [0.2, 0.25) is 11.7 Å². The first-order chi connectivity index (χ1) is 18.8. The van der Waals surface area contributed by atoms with Crippen molar-refractivity contribution in [3.05, 3.63) is 77.2 Å². The quantitative estimate of drug-likeness (QED) is 0.297. The molecular formula is C31H34N4O4. The number of aromatic nitrogens is 2. The molecule has 39 heavy (non-hydrogen) atoms. The molecule has 8 nitrogen and oxygen atoms in total. The van der Waals surface area contributed by atoms with Crippen molar-refractivity contribution in [2.24, 2.45) is 0 Å². The van der Waals surface area contributed by atoms with Crippen LogP contribution in [-0.2, 0) is 6.42 Å². The fraction of sp³-hybridized carbons (Fsp3) is 0.323. The van der Waals surface area contributed by atoms with Gasteiger partial charge in [-0.25, -0.2) is 0 Å².